The molecular weight excluding hydrogens is 1290 g/mol. The Hall–Kier alpha value is -8.30. The summed E-state index contributed by atoms with van der Waals surface area (Å²) in [5, 5.41) is 15.5. The first-order chi connectivity index (χ1) is 38.5. The van der Waals surface area contributed by atoms with Crippen LogP contribution in [-0.2, 0) is 47.8 Å². The fourth-order valence-corrected chi connectivity index (χ4v) is 10.7. The van der Waals surface area contributed by atoms with Gasteiger partial charge in [-0.3, -0.25) is 15.3 Å². The number of methoxy groups -OCH3 is 2. The second-order valence-corrected chi connectivity index (χ2v) is 22.1. The van der Waals surface area contributed by atoms with Gasteiger partial charge in [0.1, 0.15) is 21.3 Å². The molecule has 0 aliphatic heterocycles. The van der Waals surface area contributed by atoms with Crippen LogP contribution >= 0.6 is 27.5 Å². The number of carbonyl (C=O) groups is 4. The zero-order chi connectivity index (χ0) is 62.5. The smallest absolute Gasteiger partial charge is 0.434 e. The standard InChI is InChI=1S/C15H12BrClF4N2O2.C14H10F4N4O7S.C14H17N5O7S2/c1-6(2)25-14(24)7-4-8(10(18)5-9(7)17)12-11(16)13(15(19,20)21)23(3)22-12;15-11(16)28-8-5-9(29-12(17)18)20-13(19-8)21-14(25)22-30(26,27)7-4-2-1-3-6(7)10(23)24;1-4-27(21,22)9-6-5-7-15-12(9)28(23,24)19-14(20)18-13-16-10(25-2)8-11(17-13)26-3/h4-6H,1-3H3;1-5,11-12H,(H,23,24)(H2,19,20,21,22,25);5-8H,4H2,1-3H3,(H2,16,17,18,19,20). The van der Waals surface area contributed by atoms with E-state index in [0.717, 1.165) is 43.6 Å². The van der Waals surface area contributed by atoms with Crippen molar-refractivity contribution in [3.63, 3.8) is 0 Å². The molecule has 450 valence electrons. The summed E-state index contributed by atoms with van der Waals surface area (Å²) in [6.45, 7) is -2.24. The number of amides is 4. The van der Waals surface area contributed by atoms with Crippen LogP contribution in [0.1, 0.15) is 47.2 Å². The fourth-order valence-electron chi connectivity index (χ4n) is 6.02. The molecule has 0 fully saturated rings. The molecule has 0 radical (unpaired) electrons. The Morgan fingerprint density at radius 1 is 0.747 bits per heavy atom. The summed E-state index contributed by atoms with van der Waals surface area (Å²) in [7, 11) is -9.48. The Labute approximate surface area is 476 Å². The molecule has 27 nitrogen and oxygen atoms in total. The van der Waals surface area contributed by atoms with Gasteiger partial charge in [0.05, 0.1) is 58.8 Å². The number of anilines is 2. The van der Waals surface area contributed by atoms with Crippen molar-refractivity contribution in [2.45, 2.75) is 61.1 Å². The Kier molecular flexibility index (Phi) is 22.8. The number of benzene rings is 2. The van der Waals surface area contributed by atoms with E-state index in [4.69, 9.17) is 30.9 Å². The van der Waals surface area contributed by atoms with Gasteiger partial charge in [0.25, 0.3) is 20.0 Å². The number of nitrogens with zero attached hydrogens (tertiary/aromatic N) is 7. The fraction of sp³-hybridized carbons (Fsp3) is 0.256. The quantitative estimate of drug-likeness (QED) is 0.0416. The molecule has 83 heavy (non-hydrogen) atoms. The first-order valence-corrected chi connectivity index (χ1v) is 27.8. The largest absolute Gasteiger partial charge is 0.481 e. The topological polar surface area (TPSA) is 367 Å². The number of carbonyl (C=O) groups excluding carboxylic acids is 3. The number of carboxylic acid groups (broad SMARTS) is 1. The summed E-state index contributed by atoms with van der Waals surface area (Å²) < 4.78 is 202. The van der Waals surface area contributed by atoms with Crippen LogP contribution < -0.4 is 39.0 Å². The van der Waals surface area contributed by atoms with Crippen molar-refractivity contribution in [1.29, 1.82) is 0 Å². The number of sulfone groups is 1. The Bertz CT molecular complexity index is 3690. The lowest BCUT2D eigenvalue weighted by molar-refractivity contribution is -0.144. The molecule has 0 aliphatic carbocycles. The van der Waals surface area contributed by atoms with Gasteiger partial charge in [0, 0.05) is 18.8 Å². The first-order valence-electron chi connectivity index (χ1n) is 22.0. The van der Waals surface area contributed by atoms with E-state index in [1.165, 1.54) is 50.1 Å². The number of alkyl halides is 7. The molecule has 4 aromatic heterocycles. The van der Waals surface area contributed by atoms with Gasteiger partial charge in [-0.25, -0.2) is 54.8 Å². The number of pyridine rings is 1. The van der Waals surface area contributed by atoms with Crippen LogP contribution in [-0.4, -0.2) is 128 Å². The Morgan fingerprint density at radius 3 is 1.71 bits per heavy atom. The average molecular weight is 1330 g/mol. The number of hydrogen-bond acceptors (Lipinski definition) is 21. The number of aryl methyl sites for hydroxylation is 1. The molecule has 2 aromatic carbocycles. The van der Waals surface area contributed by atoms with Gasteiger partial charge in [-0.15, -0.1) is 0 Å². The van der Waals surface area contributed by atoms with Crippen LogP contribution in [0, 0.1) is 5.82 Å². The van der Waals surface area contributed by atoms with Gasteiger partial charge < -0.3 is 28.8 Å². The van der Waals surface area contributed by atoms with Gasteiger partial charge in [-0.2, -0.15) is 64.2 Å². The van der Waals surface area contributed by atoms with Crippen molar-refractivity contribution in [3.8, 4) is 34.8 Å². The molecule has 0 unspecified atom stereocenters. The van der Waals surface area contributed by atoms with Crippen LogP contribution in [0.15, 0.2) is 86.2 Å². The predicted molar refractivity (Wildman–Crippen MR) is 271 cm³/mol. The molecule has 4 heterocycles. The highest BCUT2D eigenvalue weighted by atomic mass is 79.9. The second-order valence-electron chi connectivity index (χ2n) is 15.4. The van der Waals surface area contributed by atoms with E-state index in [9.17, 15) is 79.6 Å². The lowest BCUT2D eigenvalue weighted by atomic mass is 10.1. The van der Waals surface area contributed by atoms with Crippen molar-refractivity contribution >= 4 is 93.3 Å². The summed E-state index contributed by atoms with van der Waals surface area (Å²) in [4.78, 5) is 63.7. The Balaban J connectivity index is 0.000000268. The number of halogens is 10. The zero-order valence-corrected chi connectivity index (χ0v) is 47.3. The molecule has 0 aliphatic rings. The van der Waals surface area contributed by atoms with E-state index < -0.39 is 133 Å². The third-order valence-corrected chi connectivity index (χ3v) is 15.0. The van der Waals surface area contributed by atoms with Crippen LogP contribution in [0.2, 0.25) is 5.02 Å². The van der Waals surface area contributed by atoms with Gasteiger partial charge in [0.15, 0.2) is 20.6 Å². The zero-order valence-electron chi connectivity index (χ0n) is 42.5. The SMILES string of the molecule is CC(C)OC(=O)c1cc(-c2nn(C)c(C(F)(F)F)c2Br)c(F)cc1Cl.CCS(=O)(=O)c1cccnc1S(=O)(=O)NC(=O)Nc1nc(OC)cc(OC)n1.O=C(Nc1nc(OC(F)F)cc(OC(F)F)n1)NS(=O)(=O)c1ccccc1C(=O)O. The molecule has 0 saturated carbocycles. The minimum absolute atomic E-state index is 0.0612. The third-order valence-electron chi connectivity index (χ3n) is 9.35. The summed E-state index contributed by atoms with van der Waals surface area (Å²) in [5.74, 6) is -6.71. The van der Waals surface area contributed by atoms with Gasteiger partial charge in [-0.05, 0) is 66.2 Å². The number of sulfonamides is 2. The minimum Gasteiger partial charge on any atom is -0.481 e. The van der Waals surface area contributed by atoms with E-state index >= 15 is 0 Å². The van der Waals surface area contributed by atoms with E-state index in [0.29, 0.717) is 10.7 Å². The number of esters is 1. The normalized spacial score (nSPS) is 11.6. The lowest BCUT2D eigenvalue weighted by Gasteiger charge is -2.11. The van der Waals surface area contributed by atoms with E-state index in [-0.39, 0.29) is 45.3 Å². The van der Waals surface area contributed by atoms with Crippen LogP contribution in [0.5, 0.6) is 23.5 Å². The van der Waals surface area contributed by atoms with Crippen molar-refractivity contribution in [2.75, 3.05) is 30.6 Å². The van der Waals surface area contributed by atoms with E-state index in [1.807, 2.05) is 0 Å². The van der Waals surface area contributed by atoms with Crippen molar-refractivity contribution in [1.82, 2.24) is 44.1 Å². The van der Waals surface area contributed by atoms with Gasteiger partial charge >= 0.3 is 43.4 Å². The van der Waals surface area contributed by atoms with Gasteiger partial charge in [0.2, 0.25) is 35.4 Å². The van der Waals surface area contributed by atoms with Crippen molar-refractivity contribution in [3.05, 3.63) is 99.0 Å². The number of urea groups is 2. The maximum Gasteiger partial charge on any atom is 0.434 e. The average Bonchev–Trinajstić information content (AvgIpc) is 3.93. The molecule has 0 spiro atoms. The van der Waals surface area contributed by atoms with Crippen LogP contribution in [0.4, 0.5) is 56.6 Å². The van der Waals surface area contributed by atoms with Crippen LogP contribution in [0.3, 0.4) is 0 Å². The summed E-state index contributed by atoms with van der Waals surface area (Å²) in [6.07, 6.45) is -4.05. The number of carboxylic acids is 1. The number of ether oxygens (including phenoxy) is 5. The molecule has 0 atom stereocenters. The van der Waals surface area contributed by atoms with Crippen molar-refractivity contribution in [2.24, 2.45) is 7.05 Å². The maximum absolute atomic E-state index is 14.3. The molecule has 6 aromatic rings. The molecule has 0 bridgehead atoms. The number of nitrogens with one attached hydrogen (secondary N) is 4. The number of hydrogen-bond donors (Lipinski definition) is 5. The Morgan fingerprint density at radius 2 is 1.24 bits per heavy atom. The number of rotatable bonds is 18. The highest BCUT2D eigenvalue weighted by molar-refractivity contribution is 9.10. The molecule has 4 amide bonds. The molecule has 6 rings (SSSR count). The minimum atomic E-state index is -4.71. The van der Waals surface area contributed by atoms with E-state index in [2.05, 4.69) is 60.7 Å². The molecule has 5 N–H and O–H groups in total. The highest BCUT2D eigenvalue weighted by Gasteiger charge is 2.39. The lowest BCUT2D eigenvalue weighted by Crippen LogP contribution is -2.36. The second kappa shape index (κ2) is 28.1. The number of aromatic carboxylic acids is 1. The summed E-state index contributed by atoms with van der Waals surface area (Å²) >= 11 is 8.67. The van der Waals surface area contributed by atoms with E-state index in [1.54, 1.807) is 23.9 Å². The highest BCUT2D eigenvalue weighted by Crippen LogP contribution is 2.41. The molecular formula is C43H39BrClF8N11O16S3. The maximum atomic E-state index is 14.3. The molecule has 0 saturated heterocycles. The molecule has 40 heteroatoms. The summed E-state index contributed by atoms with van der Waals surface area (Å²) in [6, 6.07) is 7.56. The van der Waals surface area contributed by atoms with Crippen molar-refractivity contribution < 1.29 is 108 Å². The third kappa shape index (κ3) is 18.6. The monoisotopic (exact) mass is 1330 g/mol. The number of aromatic nitrogens is 7. The van der Waals surface area contributed by atoms with Crippen LogP contribution in [0.25, 0.3) is 11.3 Å². The summed E-state index contributed by atoms with van der Waals surface area (Å²) in [5.41, 5.74) is -2.50. The van der Waals surface area contributed by atoms with Gasteiger partial charge in [-0.1, -0.05) is 30.7 Å². The predicted octanol–water partition coefficient (Wildman–Crippen LogP) is 7.31. The first kappa shape index (κ1) is 67.2.